The molecule has 1 aromatic heterocycles. The standard InChI is InChI=1S/C24H32N4O3S/c1-4-21(29)12-6-5-7-13-22(27-32(30,31)28(2)3)24-25-17-23(26-24)20-15-14-18-10-8-9-11-19(18)16-20/h8-11,14-17,22,27H,4-7,12-13H2,1-3H3,(H,25,26)/t22-/m0/s1. The Morgan fingerprint density at radius 3 is 2.56 bits per heavy atom. The van der Waals surface area contributed by atoms with Crippen LogP contribution in [0.25, 0.3) is 22.0 Å². The number of benzene rings is 2. The number of unbranched alkanes of at least 4 members (excludes halogenated alkanes) is 2. The second-order valence-corrected chi connectivity index (χ2v) is 10.1. The van der Waals surface area contributed by atoms with Crippen LogP contribution in [0.5, 0.6) is 0 Å². The van der Waals surface area contributed by atoms with Gasteiger partial charge in [-0.2, -0.15) is 17.4 Å². The molecule has 2 N–H and O–H groups in total. The topological polar surface area (TPSA) is 95.2 Å². The highest BCUT2D eigenvalue weighted by molar-refractivity contribution is 7.87. The quantitative estimate of drug-likeness (QED) is 0.390. The van der Waals surface area contributed by atoms with Crippen LogP contribution in [0.1, 0.15) is 57.3 Å². The number of nitrogens with zero attached hydrogens (tertiary/aromatic N) is 2. The van der Waals surface area contributed by atoms with Crippen molar-refractivity contribution in [3.05, 3.63) is 54.5 Å². The number of hydrogen-bond acceptors (Lipinski definition) is 4. The predicted octanol–water partition coefficient (Wildman–Crippen LogP) is 4.60. The van der Waals surface area contributed by atoms with E-state index in [-0.39, 0.29) is 5.78 Å². The van der Waals surface area contributed by atoms with Crippen molar-refractivity contribution in [3.63, 3.8) is 0 Å². The zero-order valence-electron chi connectivity index (χ0n) is 19.0. The molecule has 1 atom stereocenters. The Morgan fingerprint density at radius 1 is 1.09 bits per heavy atom. The first kappa shape index (κ1) is 24.1. The number of carbonyl (C=O) groups excluding carboxylic acids is 1. The molecule has 3 rings (SSSR count). The third kappa shape index (κ3) is 6.25. The van der Waals surface area contributed by atoms with Gasteiger partial charge in [-0.25, -0.2) is 4.98 Å². The molecule has 0 saturated carbocycles. The maximum absolute atomic E-state index is 12.5. The molecule has 1 heterocycles. The fourth-order valence-corrected chi connectivity index (χ4v) is 4.38. The number of Topliss-reactive ketones (excluding diaryl/α,β-unsaturated/α-hetero) is 1. The summed E-state index contributed by atoms with van der Waals surface area (Å²) in [4.78, 5) is 19.3. The first-order valence-corrected chi connectivity index (χ1v) is 12.5. The Hall–Kier alpha value is -2.55. The second kappa shape index (κ2) is 10.8. The lowest BCUT2D eigenvalue weighted by molar-refractivity contribution is -0.118. The molecule has 0 aliphatic carbocycles. The van der Waals surface area contributed by atoms with Gasteiger partial charge in [0.2, 0.25) is 0 Å². The predicted molar refractivity (Wildman–Crippen MR) is 128 cm³/mol. The summed E-state index contributed by atoms with van der Waals surface area (Å²) in [5.41, 5.74) is 1.84. The zero-order valence-corrected chi connectivity index (χ0v) is 19.8. The van der Waals surface area contributed by atoms with Crippen molar-refractivity contribution < 1.29 is 13.2 Å². The van der Waals surface area contributed by atoms with Crippen molar-refractivity contribution in [2.75, 3.05) is 14.1 Å². The number of hydrogen-bond donors (Lipinski definition) is 2. The highest BCUT2D eigenvalue weighted by Crippen LogP contribution is 2.26. The van der Waals surface area contributed by atoms with Gasteiger partial charge in [-0.05, 0) is 29.7 Å². The number of aromatic amines is 1. The van der Waals surface area contributed by atoms with Gasteiger partial charge in [0.15, 0.2) is 0 Å². The molecule has 0 saturated heterocycles. The summed E-state index contributed by atoms with van der Waals surface area (Å²) in [6.45, 7) is 1.87. The number of carbonyl (C=O) groups is 1. The van der Waals surface area contributed by atoms with Gasteiger partial charge in [0.25, 0.3) is 10.2 Å². The Bertz CT molecular complexity index is 1150. The van der Waals surface area contributed by atoms with E-state index in [1.54, 1.807) is 6.20 Å². The van der Waals surface area contributed by atoms with Crippen molar-refractivity contribution in [1.29, 1.82) is 0 Å². The lowest BCUT2D eigenvalue weighted by Crippen LogP contribution is -2.38. The van der Waals surface area contributed by atoms with E-state index in [0.717, 1.165) is 45.6 Å². The number of H-pyrrole nitrogens is 1. The summed E-state index contributed by atoms with van der Waals surface area (Å²) in [7, 11) is -0.624. The van der Waals surface area contributed by atoms with E-state index in [1.165, 1.54) is 14.1 Å². The molecule has 0 aliphatic heterocycles. The van der Waals surface area contributed by atoms with Gasteiger partial charge in [-0.15, -0.1) is 0 Å². The van der Waals surface area contributed by atoms with Gasteiger partial charge in [-0.1, -0.05) is 56.2 Å². The van der Waals surface area contributed by atoms with Gasteiger partial charge in [0.05, 0.1) is 17.9 Å². The fraction of sp³-hybridized carbons (Fsp3) is 0.417. The molecular weight excluding hydrogens is 424 g/mol. The number of rotatable bonds is 12. The van der Waals surface area contributed by atoms with Crippen molar-refractivity contribution in [1.82, 2.24) is 19.0 Å². The van der Waals surface area contributed by atoms with E-state index >= 15 is 0 Å². The van der Waals surface area contributed by atoms with E-state index in [1.807, 2.05) is 25.1 Å². The van der Waals surface area contributed by atoms with E-state index in [9.17, 15) is 13.2 Å². The highest BCUT2D eigenvalue weighted by atomic mass is 32.2. The van der Waals surface area contributed by atoms with Crippen molar-refractivity contribution in [3.8, 4) is 11.3 Å². The molecule has 0 radical (unpaired) electrons. The molecule has 2 aromatic carbocycles. The van der Waals surface area contributed by atoms with E-state index in [4.69, 9.17) is 0 Å². The minimum atomic E-state index is -3.62. The van der Waals surface area contributed by atoms with Gasteiger partial charge < -0.3 is 4.98 Å². The third-order valence-corrected chi connectivity index (χ3v) is 7.14. The number of ketones is 1. The van der Waals surface area contributed by atoms with Gasteiger partial charge in [-0.3, -0.25) is 4.79 Å². The summed E-state index contributed by atoms with van der Waals surface area (Å²) in [6, 6.07) is 13.9. The molecular formula is C24H32N4O3S. The Balaban J connectivity index is 1.76. The normalized spacial score (nSPS) is 13.0. The monoisotopic (exact) mass is 456 g/mol. The summed E-state index contributed by atoms with van der Waals surface area (Å²) in [5, 5.41) is 2.29. The van der Waals surface area contributed by atoms with Crippen LogP contribution < -0.4 is 4.72 Å². The lowest BCUT2D eigenvalue weighted by Gasteiger charge is -2.20. The smallest absolute Gasteiger partial charge is 0.279 e. The third-order valence-electron chi connectivity index (χ3n) is 5.60. The average Bonchev–Trinajstić information content (AvgIpc) is 3.27. The van der Waals surface area contributed by atoms with Crippen LogP contribution >= 0.6 is 0 Å². The van der Waals surface area contributed by atoms with Crippen LogP contribution in [-0.2, 0) is 15.0 Å². The van der Waals surface area contributed by atoms with Gasteiger partial charge in [0.1, 0.15) is 11.6 Å². The van der Waals surface area contributed by atoms with Crippen LogP contribution in [0.2, 0.25) is 0 Å². The molecule has 8 heteroatoms. The van der Waals surface area contributed by atoms with Crippen LogP contribution in [0.4, 0.5) is 0 Å². The molecule has 0 aliphatic rings. The second-order valence-electron chi connectivity index (χ2n) is 8.19. The first-order chi connectivity index (χ1) is 15.3. The van der Waals surface area contributed by atoms with Gasteiger partial charge in [0, 0.05) is 32.5 Å². The van der Waals surface area contributed by atoms with Crippen LogP contribution in [0.15, 0.2) is 48.7 Å². The first-order valence-electron chi connectivity index (χ1n) is 11.1. The molecule has 0 fully saturated rings. The van der Waals surface area contributed by atoms with Crippen LogP contribution in [0, 0.1) is 0 Å². The highest BCUT2D eigenvalue weighted by Gasteiger charge is 2.23. The molecule has 32 heavy (non-hydrogen) atoms. The Kier molecular flexibility index (Phi) is 8.17. The largest absolute Gasteiger partial charge is 0.341 e. The lowest BCUT2D eigenvalue weighted by atomic mass is 10.0. The molecule has 7 nitrogen and oxygen atoms in total. The van der Waals surface area contributed by atoms with Crippen molar-refractivity contribution >= 4 is 26.8 Å². The van der Waals surface area contributed by atoms with E-state index in [2.05, 4.69) is 39.0 Å². The molecule has 0 amide bonds. The Labute approximate surface area is 190 Å². The molecule has 0 spiro atoms. The van der Waals surface area contributed by atoms with Crippen molar-refractivity contribution in [2.45, 2.75) is 51.5 Å². The number of fused-ring (bicyclic) bond motifs is 1. The number of aromatic nitrogens is 2. The van der Waals surface area contributed by atoms with Gasteiger partial charge >= 0.3 is 0 Å². The Morgan fingerprint density at radius 2 is 1.84 bits per heavy atom. The minimum absolute atomic E-state index is 0.265. The minimum Gasteiger partial charge on any atom is -0.341 e. The number of imidazole rings is 1. The summed E-state index contributed by atoms with van der Waals surface area (Å²) in [5.74, 6) is 0.851. The average molecular weight is 457 g/mol. The molecule has 3 aromatic rings. The summed E-state index contributed by atoms with van der Waals surface area (Å²) < 4.78 is 28.9. The van der Waals surface area contributed by atoms with E-state index in [0.29, 0.717) is 25.1 Å². The van der Waals surface area contributed by atoms with Crippen LogP contribution in [-0.4, -0.2) is 42.6 Å². The number of nitrogens with one attached hydrogen (secondary N) is 2. The molecule has 0 bridgehead atoms. The molecule has 0 unspecified atom stereocenters. The maximum Gasteiger partial charge on any atom is 0.279 e. The summed E-state index contributed by atoms with van der Waals surface area (Å²) in [6.07, 6.45) is 5.97. The zero-order chi connectivity index (χ0) is 23.1. The van der Waals surface area contributed by atoms with E-state index < -0.39 is 16.3 Å². The SMILES string of the molecule is CCC(=O)CCCCC[C@H](NS(=O)(=O)N(C)C)c1ncc(-c2ccc3ccccc3c2)[nH]1. The van der Waals surface area contributed by atoms with Crippen molar-refractivity contribution in [2.24, 2.45) is 0 Å². The fourth-order valence-electron chi connectivity index (χ4n) is 3.58. The molecule has 172 valence electrons. The van der Waals surface area contributed by atoms with Crippen LogP contribution in [0.3, 0.4) is 0 Å². The maximum atomic E-state index is 12.5. The summed E-state index contributed by atoms with van der Waals surface area (Å²) >= 11 is 0.